The van der Waals surface area contributed by atoms with E-state index < -0.39 is 0 Å². The molecule has 122 valence electrons. The lowest BCUT2D eigenvalue weighted by atomic mass is 9.99. The molecule has 0 aliphatic carbocycles. The molecular formula is C17H16BrN5O. The molecule has 0 unspecified atom stereocenters. The highest BCUT2D eigenvalue weighted by molar-refractivity contribution is 9.10. The molecule has 0 spiro atoms. The summed E-state index contributed by atoms with van der Waals surface area (Å²) in [6.07, 6.45) is 6.70. The van der Waals surface area contributed by atoms with E-state index in [0.717, 1.165) is 27.6 Å². The molecule has 1 aliphatic heterocycles. The number of nitrogens with one attached hydrogen (secondary N) is 2. The predicted octanol–water partition coefficient (Wildman–Crippen LogP) is 3.29. The molecular weight excluding hydrogens is 370 g/mol. The fourth-order valence-electron chi connectivity index (χ4n) is 3.03. The highest BCUT2D eigenvalue weighted by Crippen LogP contribution is 2.29. The van der Waals surface area contributed by atoms with Crippen molar-refractivity contribution in [2.45, 2.75) is 13.3 Å². The third-order valence-corrected chi connectivity index (χ3v) is 5.34. The second kappa shape index (κ2) is 5.90. The third kappa shape index (κ3) is 2.45. The normalized spacial score (nSPS) is 14.9. The van der Waals surface area contributed by atoms with Crippen LogP contribution in [0.25, 0.3) is 16.6 Å². The van der Waals surface area contributed by atoms with E-state index in [1.165, 1.54) is 11.1 Å². The number of fused-ring (bicyclic) bond motifs is 1. The SMILES string of the molecule is Cc1[nH]nc(C(=O)N2CC=C(c3c[nH]c4ncccc34)CC2)c1Br. The Morgan fingerprint density at radius 3 is 3.00 bits per heavy atom. The summed E-state index contributed by atoms with van der Waals surface area (Å²) in [6, 6.07) is 4.01. The van der Waals surface area contributed by atoms with E-state index in [4.69, 9.17) is 0 Å². The molecule has 4 rings (SSSR count). The molecule has 1 aliphatic rings. The van der Waals surface area contributed by atoms with Crippen LogP contribution in [0.3, 0.4) is 0 Å². The van der Waals surface area contributed by atoms with Crippen LogP contribution in [0.15, 0.2) is 35.1 Å². The molecule has 0 saturated heterocycles. The first-order valence-electron chi connectivity index (χ1n) is 7.76. The molecule has 0 fully saturated rings. The van der Waals surface area contributed by atoms with Gasteiger partial charge in [-0.2, -0.15) is 5.10 Å². The average molecular weight is 386 g/mol. The number of aromatic amines is 2. The van der Waals surface area contributed by atoms with Crippen LogP contribution >= 0.6 is 15.9 Å². The molecule has 1 amide bonds. The minimum Gasteiger partial charge on any atom is -0.346 e. The summed E-state index contributed by atoms with van der Waals surface area (Å²) in [7, 11) is 0. The van der Waals surface area contributed by atoms with Gasteiger partial charge in [0.1, 0.15) is 5.65 Å². The number of nitrogens with zero attached hydrogens (tertiary/aromatic N) is 3. The Morgan fingerprint density at radius 2 is 2.29 bits per heavy atom. The van der Waals surface area contributed by atoms with Gasteiger partial charge in [-0.05, 0) is 47.0 Å². The third-order valence-electron chi connectivity index (χ3n) is 4.37. The number of pyridine rings is 1. The quantitative estimate of drug-likeness (QED) is 0.710. The number of aryl methyl sites for hydroxylation is 1. The zero-order valence-electron chi connectivity index (χ0n) is 13.1. The van der Waals surface area contributed by atoms with Crippen molar-refractivity contribution in [2.24, 2.45) is 0 Å². The molecule has 0 bridgehead atoms. The van der Waals surface area contributed by atoms with Crippen molar-refractivity contribution in [1.29, 1.82) is 0 Å². The van der Waals surface area contributed by atoms with Crippen molar-refractivity contribution in [3.63, 3.8) is 0 Å². The Bertz CT molecular complexity index is 955. The van der Waals surface area contributed by atoms with E-state index in [1.807, 2.05) is 24.1 Å². The van der Waals surface area contributed by atoms with E-state index >= 15 is 0 Å². The van der Waals surface area contributed by atoms with Crippen molar-refractivity contribution in [3.8, 4) is 0 Å². The number of carbonyl (C=O) groups excluding carboxylic acids is 1. The standard InChI is InChI=1S/C17H16BrN5O/c1-10-14(18)15(22-21-10)17(24)23-7-4-11(5-8-23)13-9-20-16-12(13)3-2-6-19-16/h2-4,6,9H,5,7-8H2,1H3,(H,19,20)(H,21,22). The summed E-state index contributed by atoms with van der Waals surface area (Å²) in [5.74, 6) is -0.0536. The van der Waals surface area contributed by atoms with Crippen molar-refractivity contribution in [2.75, 3.05) is 13.1 Å². The molecule has 6 nitrogen and oxygen atoms in total. The Labute approximate surface area is 147 Å². The van der Waals surface area contributed by atoms with Crippen LogP contribution in [0.1, 0.15) is 28.2 Å². The molecule has 2 N–H and O–H groups in total. The van der Waals surface area contributed by atoms with Gasteiger partial charge in [0.2, 0.25) is 0 Å². The van der Waals surface area contributed by atoms with Gasteiger partial charge >= 0.3 is 0 Å². The lowest BCUT2D eigenvalue weighted by Crippen LogP contribution is -2.35. The van der Waals surface area contributed by atoms with E-state index in [-0.39, 0.29) is 5.91 Å². The van der Waals surface area contributed by atoms with Crippen LogP contribution in [0.5, 0.6) is 0 Å². The molecule has 4 heterocycles. The zero-order chi connectivity index (χ0) is 16.7. The summed E-state index contributed by atoms with van der Waals surface area (Å²) in [5, 5.41) is 8.06. The molecule has 3 aromatic rings. The molecule has 0 radical (unpaired) electrons. The van der Waals surface area contributed by atoms with Crippen molar-refractivity contribution < 1.29 is 4.79 Å². The minimum absolute atomic E-state index is 0.0536. The Balaban J connectivity index is 1.57. The molecule has 7 heteroatoms. The van der Waals surface area contributed by atoms with Crippen LogP contribution in [0, 0.1) is 6.92 Å². The van der Waals surface area contributed by atoms with Crippen molar-refractivity contribution in [1.82, 2.24) is 25.1 Å². The van der Waals surface area contributed by atoms with Crippen molar-refractivity contribution in [3.05, 3.63) is 52.0 Å². The van der Waals surface area contributed by atoms with Gasteiger partial charge in [-0.25, -0.2) is 4.98 Å². The number of H-pyrrole nitrogens is 2. The maximum absolute atomic E-state index is 12.6. The van der Waals surface area contributed by atoms with Gasteiger partial charge in [-0.15, -0.1) is 0 Å². The fourth-order valence-corrected chi connectivity index (χ4v) is 3.37. The zero-order valence-corrected chi connectivity index (χ0v) is 14.7. The van der Waals surface area contributed by atoms with Crippen LogP contribution in [0.2, 0.25) is 0 Å². The Morgan fingerprint density at radius 1 is 1.42 bits per heavy atom. The average Bonchev–Trinajstić information content (AvgIpc) is 3.19. The van der Waals surface area contributed by atoms with E-state index in [0.29, 0.717) is 18.8 Å². The van der Waals surface area contributed by atoms with Gasteiger partial charge < -0.3 is 9.88 Å². The highest BCUT2D eigenvalue weighted by atomic mass is 79.9. The first-order valence-corrected chi connectivity index (χ1v) is 8.55. The summed E-state index contributed by atoms with van der Waals surface area (Å²) < 4.78 is 0.741. The van der Waals surface area contributed by atoms with Gasteiger partial charge in [0.25, 0.3) is 5.91 Å². The van der Waals surface area contributed by atoms with Crippen molar-refractivity contribution >= 4 is 38.4 Å². The second-order valence-electron chi connectivity index (χ2n) is 5.84. The minimum atomic E-state index is -0.0536. The van der Waals surface area contributed by atoms with Crippen LogP contribution < -0.4 is 0 Å². The number of hydrogen-bond donors (Lipinski definition) is 2. The smallest absolute Gasteiger partial charge is 0.275 e. The summed E-state index contributed by atoms with van der Waals surface area (Å²) in [5.41, 5.74) is 4.61. The number of hydrogen-bond acceptors (Lipinski definition) is 3. The number of rotatable bonds is 2. The van der Waals surface area contributed by atoms with Gasteiger partial charge in [-0.1, -0.05) is 6.08 Å². The Hall–Kier alpha value is -2.41. The summed E-state index contributed by atoms with van der Waals surface area (Å²) >= 11 is 3.42. The van der Waals surface area contributed by atoms with E-state index in [9.17, 15) is 4.79 Å². The number of aromatic nitrogens is 4. The molecule has 0 saturated carbocycles. The largest absolute Gasteiger partial charge is 0.346 e. The first-order chi connectivity index (χ1) is 11.6. The monoisotopic (exact) mass is 385 g/mol. The van der Waals surface area contributed by atoms with Crippen LogP contribution in [0.4, 0.5) is 0 Å². The lowest BCUT2D eigenvalue weighted by Gasteiger charge is -2.26. The number of amides is 1. The highest BCUT2D eigenvalue weighted by Gasteiger charge is 2.24. The van der Waals surface area contributed by atoms with Gasteiger partial charge in [0.05, 0.1) is 4.47 Å². The fraction of sp³-hybridized carbons (Fsp3) is 0.235. The number of halogens is 1. The Kier molecular flexibility index (Phi) is 3.72. The first kappa shape index (κ1) is 15.1. The molecule has 3 aromatic heterocycles. The summed E-state index contributed by atoms with van der Waals surface area (Å²) in [6.45, 7) is 3.14. The van der Waals surface area contributed by atoms with E-state index in [1.54, 1.807) is 6.20 Å². The van der Waals surface area contributed by atoms with Gasteiger partial charge in [0.15, 0.2) is 5.69 Å². The molecule has 0 atom stereocenters. The topological polar surface area (TPSA) is 77.7 Å². The molecule has 0 aromatic carbocycles. The van der Waals surface area contributed by atoms with Gasteiger partial charge in [0, 0.05) is 42.1 Å². The lowest BCUT2D eigenvalue weighted by molar-refractivity contribution is 0.0766. The number of carbonyl (C=O) groups is 1. The predicted molar refractivity (Wildman–Crippen MR) is 95.6 cm³/mol. The second-order valence-corrected chi connectivity index (χ2v) is 6.64. The van der Waals surface area contributed by atoms with Gasteiger partial charge in [-0.3, -0.25) is 9.89 Å². The maximum Gasteiger partial charge on any atom is 0.275 e. The maximum atomic E-state index is 12.6. The van der Waals surface area contributed by atoms with Crippen LogP contribution in [-0.4, -0.2) is 44.1 Å². The van der Waals surface area contributed by atoms with Crippen LogP contribution in [-0.2, 0) is 0 Å². The molecule has 24 heavy (non-hydrogen) atoms. The van der Waals surface area contributed by atoms with E-state index in [2.05, 4.69) is 48.2 Å². The summed E-state index contributed by atoms with van der Waals surface area (Å²) in [4.78, 5) is 22.0.